The average molecular weight is 363 g/mol. The van der Waals surface area contributed by atoms with Gasteiger partial charge < -0.3 is 9.80 Å². The molecule has 0 unspecified atom stereocenters. The first-order chi connectivity index (χ1) is 13.1. The minimum absolute atomic E-state index is 0.00652. The molecular formula is C21H25N5O. The molecule has 0 spiro atoms. The first kappa shape index (κ1) is 18.6. The Kier molecular flexibility index (Phi) is 5.86. The maximum Gasteiger partial charge on any atom is 0.253 e. The van der Waals surface area contributed by atoms with Gasteiger partial charge in [0, 0.05) is 37.9 Å². The zero-order valence-electron chi connectivity index (χ0n) is 16.0. The highest BCUT2D eigenvalue weighted by atomic mass is 16.2. The molecule has 6 heteroatoms. The van der Waals surface area contributed by atoms with Crippen molar-refractivity contribution < 1.29 is 4.79 Å². The highest BCUT2D eigenvalue weighted by Gasteiger charge is 2.12. The number of amides is 1. The third-order valence-electron chi connectivity index (χ3n) is 4.63. The normalized spacial score (nSPS) is 10.6. The second-order valence-corrected chi connectivity index (χ2v) is 6.39. The summed E-state index contributed by atoms with van der Waals surface area (Å²) < 4.78 is 1.66. The number of rotatable bonds is 7. The van der Waals surface area contributed by atoms with E-state index >= 15 is 0 Å². The molecule has 3 aromatic rings. The summed E-state index contributed by atoms with van der Waals surface area (Å²) >= 11 is 0. The van der Waals surface area contributed by atoms with E-state index < -0.39 is 0 Å². The number of anilines is 1. The van der Waals surface area contributed by atoms with E-state index in [4.69, 9.17) is 0 Å². The van der Waals surface area contributed by atoms with Crippen molar-refractivity contribution in [2.24, 2.45) is 0 Å². The van der Waals surface area contributed by atoms with E-state index in [1.165, 1.54) is 12.0 Å². The van der Waals surface area contributed by atoms with Crippen molar-refractivity contribution in [3.8, 4) is 5.69 Å². The highest BCUT2D eigenvalue weighted by molar-refractivity contribution is 5.94. The van der Waals surface area contributed by atoms with Gasteiger partial charge in [-0.3, -0.25) is 4.79 Å². The van der Waals surface area contributed by atoms with Crippen molar-refractivity contribution in [3.63, 3.8) is 0 Å². The molecule has 2 aromatic carbocycles. The van der Waals surface area contributed by atoms with E-state index in [0.717, 1.165) is 24.3 Å². The van der Waals surface area contributed by atoms with Gasteiger partial charge in [0.2, 0.25) is 0 Å². The molecule has 0 bridgehead atoms. The summed E-state index contributed by atoms with van der Waals surface area (Å²) in [5.41, 5.74) is 3.85. The Morgan fingerprint density at radius 3 is 2.22 bits per heavy atom. The van der Waals surface area contributed by atoms with Crippen LogP contribution in [-0.2, 0) is 6.54 Å². The Balaban J connectivity index is 1.65. The van der Waals surface area contributed by atoms with E-state index in [2.05, 4.69) is 53.1 Å². The van der Waals surface area contributed by atoms with Crippen LogP contribution >= 0.6 is 0 Å². The van der Waals surface area contributed by atoms with Gasteiger partial charge >= 0.3 is 0 Å². The number of nitrogens with zero attached hydrogens (tertiary/aromatic N) is 5. The Hall–Kier alpha value is -3.15. The fourth-order valence-electron chi connectivity index (χ4n) is 3.07. The predicted molar refractivity (Wildman–Crippen MR) is 107 cm³/mol. The maximum absolute atomic E-state index is 12.7. The molecule has 0 atom stereocenters. The van der Waals surface area contributed by atoms with Crippen LogP contribution in [0.4, 0.5) is 5.69 Å². The smallest absolute Gasteiger partial charge is 0.253 e. The van der Waals surface area contributed by atoms with Crippen LogP contribution in [0.25, 0.3) is 5.69 Å². The number of benzene rings is 2. The van der Waals surface area contributed by atoms with Crippen molar-refractivity contribution >= 4 is 11.6 Å². The van der Waals surface area contributed by atoms with Gasteiger partial charge in [-0.2, -0.15) is 5.10 Å². The molecule has 0 N–H and O–H groups in total. The van der Waals surface area contributed by atoms with Crippen molar-refractivity contribution in [1.82, 2.24) is 19.7 Å². The molecule has 140 valence electrons. The lowest BCUT2D eigenvalue weighted by Gasteiger charge is -2.22. The average Bonchev–Trinajstić information content (AvgIpc) is 3.24. The minimum atomic E-state index is -0.00652. The second kappa shape index (κ2) is 8.49. The molecule has 6 nitrogen and oxygen atoms in total. The van der Waals surface area contributed by atoms with E-state index in [0.29, 0.717) is 12.1 Å². The quantitative estimate of drug-likeness (QED) is 0.646. The summed E-state index contributed by atoms with van der Waals surface area (Å²) in [5, 5.41) is 4.09. The van der Waals surface area contributed by atoms with E-state index in [1.807, 2.05) is 31.3 Å². The number of hydrogen-bond donors (Lipinski definition) is 0. The molecular weight excluding hydrogens is 338 g/mol. The van der Waals surface area contributed by atoms with Crippen molar-refractivity contribution in [2.75, 3.05) is 25.0 Å². The summed E-state index contributed by atoms with van der Waals surface area (Å²) in [6.45, 7) is 6.84. The largest absolute Gasteiger partial charge is 0.372 e. The molecule has 0 saturated carbocycles. The van der Waals surface area contributed by atoms with E-state index in [-0.39, 0.29) is 5.91 Å². The molecule has 0 radical (unpaired) electrons. The minimum Gasteiger partial charge on any atom is -0.372 e. The summed E-state index contributed by atoms with van der Waals surface area (Å²) in [6, 6.07) is 15.8. The predicted octanol–water partition coefficient (Wildman–Crippen LogP) is 3.39. The van der Waals surface area contributed by atoms with E-state index in [1.54, 1.807) is 15.9 Å². The molecule has 0 aliphatic carbocycles. The number of aromatic nitrogens is 3. The van der Waals surface area contributed by atoms with Gasteiger partial charge in [0.25, 0.3) is 5.91 Å². The first-order valence-corrected chi connectivity index (χ1v) is 9.16. The molecule has 3 rings (SSSR count). The van der Waals surface area contributed by atoms with Gasteiger partial charge in [-0.15, -0.1) is 0 Å². The van der Waals surface area contributed by atoms with Crippen LogP contribution in [-0.4, -0.2) is 45.7 Å². The lowest BCUT2D eigenvalue weighted by atomic mass is 10.1. The Labute approximate surface area is 160 Å². The Bertz CT molecular complexity index is 853. The highest BCUT2D eigenvalue weighted by Crippen LogP contribution is 2.17. The third-order valence-corrected chi connectivity index (χ3v) is 4.63. The fraction of sp³-hybridized carbons (Fsp3) is 0.286. The van der Waals surface area contributed by atoms with Gasteiger partial charge in [0.05, 0.1) is 5.69 Å². The second-order valence-electron chi connectivity index (χ2n) is 6.39. The zero-order valence-corrected chi connectivity index (χ0v) is 16.0. The van der Waals surface area contributed by atoms with Gasteiger partial charge in [-0.25, -0.2) is 9.67 Å². The van der Waals surface area contributed by atoms with Crippen LogP contribution in [0.5, 0.6) is 0 Å². The van der Waals surface area contributed by atoms with Crippen molar-refractivity contribution in [3.05, 3.63) is 72.3 Å². The third kappa shape index (κ3) is 4.34. The molecule has 0 aliphatic rings. The monoisotopic (exact) mass is 363 g/mol. The van der Waals surface area contributed by atoms with Gasteiger partial charge in [-0.1, -0.05) is 12.1 Å². The molecule has 0 saturated heterocycles. The van der Waals surface area contributed by atoms with E-state index in [9.17, 15) is 4.79 Å². The van der Waals surface area contributed by atoms with Crippen LogP contribution < -0.4 is 4.90 Å². The molecule has 0 fully saturated rings. The molecule has 27 heavy (non-hydrogen) atoms. The van der Waals surface area contributed by atoms with Gasteiger partial charge in [0.15, 0.2) is 0 Å². The SMILES string of the molecule is CCN(CC)c1ccc(CN(C)C(=O)c2ccc(-n3cncn3)cc2)cc1. The summed E-state index contributed by atoms with van der Waals surface area (Å²) in [4.78, 5) is 20.7. The van der Waals surface area contributed by atoms with Crippen LogP contribution in [0.2, 0.25) is 0 Å². The molecule has 1 amide bonds. The number of hydrogen-bond acceptors (Lipinski definition) is 4. The van der Waals surface area contributed by atoms with Crippen LogP contribution in [0, 0.1) is 0 Å². The lowest BCUT2D eigenvalue weighted by Crippen LogP contribution is -2.26. The van der Waals surface area contributed by atoms with Crippen molar-refractivity contribution in [2.45, 2.75) is 20.4 Å². The summed E-state index contributed by atoms with van der Waals surface area (Å²) in [7, 11) is 1.83. The lowest BCUT2D eigenvalue weighted by molar-refractivity contribution is 0.0785. The van der Waals surface area contributed by atoms with Crippen LogP contribution in [0.15, 0.2) is 61.2 Å². The molecule has 1 aromatic heterocycles. The van der Waals surface area contributed by atoms with Gasteiger partial charge in [-0.05, 0) is 55.8 Å². The van der Waals surface area contributed by atoms with Crippen molar-refractivity contribution in [1.29, 1.82) is 0 Å². The maximum atomic E-state index is 12.7. The van der Waals surface area contributed by atoms with Gasteiger partial charge in [0.1, 0.15) is 12.7 Å². The Morgan fingerprint density at radius 1 is 1.00 bits per heavy atom. The standard InChI is InChI=1S/C21H25N5O/c1-4-25(5-2)19-10-6-17(7-11-19)14-24(3)21(27)18-8-12-20(13-9-18)26-16-22-15-23-26/h6-13,15-16H,4-5,14H2,1-3H3. The number of carbonyl (C=O) groups excluding carboxylic acids is 1. The fourth-order valence-corrected chi connectivity index (χ4v) is 3.07. The summed E-state index contributed by atoms with van der Waals surface area (Å²) in [6.07, 6.45) is 3.11. The summed E-state index contributed by atoms with van der Waals surface area (Å²) in [5.74, 6) is -0.00652. The topological polar surface area (TPSA) is 54.3 Å². The Morgan fingerprint density at radius 2 is 1.67 bits per heavy atom. The molecule has 1 heterocycles. The van der Waals surface area contributed by atoms with Crippen LogP contribution in [0.3, 0.4) is 0 Å². The zero-order chi connectivity index (χ0) is 19.2. The molecule has 0 aliphatic heterocycles. The van der Waals surface area contributed by atoms with Crippen LogP contribution in [0.1, 0.15) is 29.8 Å². The number of carbonyl (C=O) groups is 1. The first-order valence-electron chi connectivity index (χ1n) is 9.16.